The second kappa shape index (κ2) is 13.0. The Bertz CT molecular complexity index is 687. The molecule has 3 N–H and O–H groups in total. The lowest BCUT2D eigenvalue weighted by molar-refractivity contribution is -0.192. The van der Waals surface area contributed by atoms with Gasteiger partial charge in [0, 0.05) is 44.8 Å². The number of aliphatic hydroxyl groups excluding tert-OH is 1. The lowest BCUT2D eigenvalue weighted by Crippen LogP contribution is -2.35. The molecule has 10 heteroatoms. The summed E-state index contributed by atoms with van der Waals surface area (Å²) in [5, 5.41) is 18.7. The Labute approximate surface area is 173 Å². The maximum Gasteiger partial charge on any atom is 0.490 e. The largest absolute Gasteiger partial charge is 0.490 e. The zero-order valence-corrected chi connectivity index (χ0v) is 16.6. The van der Waals surface area contributed by atoms with Gasteiger partial charge in [-0.1, -0.05) is 30.8 Å². The van der Waals surface area contributed by atoms with Gasteiger partial charge in [0.2, 0.25) is 5.91 Å². The monoisotopic (exact) mass is 432 g/mol. The third-order valence-electron chi connectivity index (χ3n) is 4.21. The molecule has 1 amide bonds. The Morgan fingerprint density at radius 3 is 2.17 bits per heavy atom. The molecule has 0 spiro atoms. The van der Waals surface area contributed by atoms with Crippen LogP contribution in [-0.4, -0.2) is 72.6 Å². The Balaban J connectivity index is 0.000000553. The predicted octanol–water partition coefficient (Wildman–Crippen LogP) is 1.75. The van der Waals surface area contributed by atoms with Gasteiger partial charge in [-0.25, -0.2) is 4.79 Å². The smallest absolute Gasteiger partial charge is 0.475 e. The van der Waals surface area contributed by atoms with E-state index in [9.17, 15) is 18.0 Å². The summed E-state index contributed by atoms with van der Waals surface area (Å²) < 4.78 is 37.1. The summed E-state index contributed by atoms with van der Waals surface area (Å²) in [6.45, 7) is 8.76. The van der Waals surface area contributed by atoms with E-state index in [2.05, 4.69) is 41.1 Å². The van der Waals surface area contributed by atoms with E-state index in [1.807, 2.05) is 0 Å². The van der Waals surface area contributed by atoms with E-state index < -0.39 is 12.1 Å². The molecule has 0 bridgehead atoms. The number of aliphatic carboxylic acids is 1. The molecule has 1 aromatic rings. The van der Waals surface area contributed by atoms with Gasteiger partial charge in [-0.05, 0) is 17.5 Å². The van der Waals surface area contributed by atoms with Gasteiger partial charge in [-0.15, -0.1) is 0 Å². The second-order valence-electron chi connectivity index (χ2n) is 6.59. The lowest BCUT2D eigenvalue weighted by atomic mass is 10.1. The van der Waals surface area contributed by atoms with Gasteiger partial charge in [-0.2, -0.15) is 13.2 Å². The fourth-order valence-electron chi connectivity index (χ4n) is 2.52. The maximum absolute atomic E-state index is 11.7. The van der Waals surface area contributed by atoms with Gasteiger partial charge in [-0.3, -0.25) is 9.69 Å². The van der Waals surface area contributed by atoms with Crippen LogP contribution >= 0.6 is 0 Å². The van der Waals surface area contributed by atoms with Gasteiger partial charge in [0.25, 0.3) is 0 Å². The summed E-state index contributed by atoms with van der Waals surface area (Å²) in [5.74, 6) is -2.93. The van der Waals surface area contributed by atoms with Crippen LogP contribution in [0.1, 0.15) is 17.5 Å². The van der Waals surface area contributed by atoms with Crippen molar-refractivity contribution in [1.29, 1.82) is 0 Å². The van der Waals surface area contributed by atoms with Crippen molar-refractivity contribution in [3.05, 3.63) is 47.5 Å². The number of hydrogen-bond donors (Lipinski definition) is 3. The zero-order chi connectivity index (χ0) is 22.6. The molecule has 7 nitrogen and oxygen atoms in total. The average molecular weight is 432 g/mol. The number of rotatable bonds is 8. The van der Waals surface area contributed by atoms with Crippen LogP contribution in [0, 0.1) is 0 Å². The number of nitrogens with zero attached hydrogens (tertiary/aromatic N) is 1. The van der Waals surface area contributed by atoms with Crippen molar-refractivity contribution < 1.29 is 37.7 Å². The summed E-state index contributed by atoms with van der Waals surface area (Å²) in [7, 11) is 0. The predicted molar refractivity (Wildman–Crippen MR) is 104 cm³/mol. The number of nitrogens with one attached hydrogen (secondary N) is 1. The number of benzene rings is 1. The maximum atomic E-state index is 11.7. The number of carbonyl (C=O) groups is 2. The molecule has 1 fully saturated rings. The molecule has 0 atom stereocenters. The molecule has 0 saturated carbocycles. The summed E-state index contributed by atoms with van der Waals surface area (Å²) >= 11 is 0. The van der Waals surface area contributed by atoms with Gasteiger partial charge < -0.3 is 20.3 Å². The van der Waals surface area contributed by atoms with E-state index >= 15 is 0 Å². The van der Waals surface area contributed by atoms with E-state index in [1.165, 1.54) is 11.1 Å². The normalized spacial score (nSPS) is 14.4. The Morgan fingerprint density at radius 2 is 1.67 bits per heavy atom. The first-order chi connectivity index (χ1) is 14.1. The molecule has 0 radical (unpaired) electrons. The van der Waals surface area contributed by atoms with Gasteiger partial charge >= 0.3 is 12.1 Å². The summed E-state index contributed by atoms with van der Waals surface area (Å²) in [4.78, 5) is 23.0. The van der Waals surface area contributed by atoms with Crippen LogP contribution in [-0.2, 0) is 27.3 Å². The summed E-state index contributed by atoms with van der Waals surface area (Å²) in [6.07, 6.45) is -3.97. The number of alkyl halides is 3. The molecule has 0 aliphatic carbocycles. The molecule has 1 heterocycles. The van der Waals surface area contributed by atoms with E-state index in [0.717, 1.165) is 39.3 Å². The van der Waals surface area contributed by atoms with E-state index in [-0.39, 0.29) is 12.5 Å². The van der Waals surface area contributed by atoms with Crippen LogP contribution in [0.3, 0.4) is 0 Å². The molecule has 0 unspecified atom stereocenters. The second-order valence-corrected chi connectivity index (χ2v) is 6.59. The van der Waals surface area contributed by atoms with E-state index in [1.54, 1.807) is 0 Å². The molecule has 1 saturated heterocycles. The molecular weight excluding hydrogens is 405 g/mol. The number of ether oxygens (including phenoxy) is 1. The first kappa shape index (κ1) is 25.6. The molecule has 30 heavy (non-hydrogen) atoms. The van der Waals surface area contributed by atoms with Crippen LogP contribution < -0.4 is 5.32 Å². The van der Waals surface area contributed by atoms with E-state index in [0.29, 0.717) is 18.5 Å². The Kier molecular flexibility index (Phi) is 11.1. The number of hydrogen-bond acceptors (Lipinski definition) is 5. The highest BCUT2D eigenvalue weighted by Crippen LogP contribution is 2.13. The van der Waals surface area contributed by atoms with Crippen LogP contribution in [0.2, 0.25) is 0 Å². The van der Waals surface area contributed by atoms with Crippen LogP contribution in [0.15, 0.2) is 36.4 Å². The van der Waals surface area contributed by atoms with Crippen LogP contribution in [0.5, 0.6) is 0 Å². The average Bonchev–Trinajstić information content (AvgIpc) is 2.70. The number of carboxylic acids is 1. The van der Waals surface area contributed by atoms with Gasteiger partial charge in [0.1, 0.15) is 0 Å². The number of carboxylic acid groups (broad SMARTS) is 1. The minimum Gasteiger partial charge on any atom is -0.475 e. The molecule has 2 rings (SSSR count). The fourth-order valence-corrected chi connectivity index (χ4v) is 2.52. The van der Waals surface area contributed by atoms with Crippen molar-refractivity contribution in [3.63, 3.8) is 0 Å². The topological polar surface area (TPSA) is 99.1 Å². The minimum atomic E-state index is -5.08. The summed E-state index contributed by atoms with van der Waals surface area (Å²) in [5.41, 5.74) is 2.92. The van der Waals surface area contributed by atoms with Gasteiger partial charge in [0.05, 0.1) is 13.2 Å². The van der Waals surface area contributed by atoms with Crippen LogP contribution in [0.4, 0.5) is 13.2 Å². The van der Waals surface area contributed by atoms with Crippen molar-refractivity contribution in [2.24, 2.45) is 0 Å². The molecule has 1 aromatic carbocycles. The number of morpholine rings is 1. The Morgan fingerprint density at radius 1 is 1.13 bits per heavy atom. The first-order valence-electron chi connectivity index (χ1n) is 9.38. The van der Waals surface area contributed by atoms with Crippen molar-refractivity contribution in [1.82, 2.24) is 10.2 Å². The van der Waals surface area contributed by atoms with Crippen molar-refractivity contribution in [3.8, 4) is 0 Å². The first-order valence-corrected chi connectivity index (χ1v) is 9.38. The van der Waals surface area contributed by atoms with E-state index in [4.69, 9.17) is 19.7 Å². The highest BCUT2D eigenvalue weighted by Gasteiger charge is 2.38. The number of carbonyl (C=O) groups excluding carboxylic acids is 1. The summed E-state index contributed by atoms with van der Waals surface area (Å²) in [6, 6.07) is 8.53. The van der Waals surface area contributed by atoms with Crippen molar-refractivity contribution >= 4 is 11.9 Å². The highest BCUT2D eigenvalue weighted by molar-refractivity contribution is 5.92. The molecule has 168 valence electrons. The number of aliphatic hydroxyl groups is 1. The van der Waals surface area contributed by atoms with Crippen molar-refractivity contribution in [2.45, 2.75) is 25.6 Å². The van der Waals surface area contributed by atoms with Crippen LogP contribution in [0.25, 0.3) is 0 Å². The molecule has 1 aliphatic heterocycles. The SMILES string of the molecule is C=C(CCO)C(=O)NCCc1ccc(CN2CCOCC2)cc1.O=C(O)C(F)(F)F. The fraction of sp³-hybridized carbons (Fsp3) is 0.500. The number of halogens is 3. The van der Waals surface area contributed by atoms with Crippen molar-refractivity contribution in [2.75, 3.05) is 39.5 Å². The zero-order valence-electron chi connectivity index (χ0n) is 16.6. The quantitative estimate of drug-likeness (QED) is 0.542. The molecular formula is C20H27F3N2O5. The standard InChI is InChI=1S/C18H26N2O3.C2HF3O2/c1-15(7-11-21)18(22)19-8-6-16-2-4-17(5-3-16)14-20-9-12-23-13-10-20;3-2(4,5)1(6)7/h2-5,21H,1,6-14H2,(H,19,22);(H,6,7). The molecule has 0 aromatic heterocycles. The Hall–Kier alpha value is -2.43. The number of amides is 1. The third-order valence-corrected chi connectivity index (χ3v) is 4.21. The lowest BCUT2D eigenvalue weighted by Gasteiger charge is -2.26. The van der Waals surface area contributed by atoms with Gasteiger partial charge in [0.15, 0.2) is 0 Å². The highest BCUT2D eigenvalue weighted by atomic mass is 19.4. The third kappa shape index (κ3) is 10.4. The molecule has 1 aliphatic rings. The minimum absolute atomic E-state index is 0.0448.